The first-order valence-corrected chi connectivity index (χ1v) is 9.48. The molecule has 2 amide bonds. The first kappa shape index (κ1) is 20.3. The number of benzene rings is 2. The van der Waals surface area contributed by atoms with Crippen molar-refractivity contribution in [1.29, 1.82) is 0 Å². The minimum atomic E-state index is -0.215. The first-order chi connectivity index (χ1) is 14.1. The van der Waals surface area contributed by atoms with Gasteiger partial charge in [0.15, 0.2) is 11.5 Å². The molecular weight excluding hydrogens is 370 g/mol. The van der Waals surface area contributed by atoms with E-state index < -0.39 is 0 Å². The summed E-state index contributed by atoms with van der Waals surface area (Å²) in [7, 11) is 3.18. The number of urea groups is 1. The average molecular weight is 395 g/mol. The Kier molecular flexibility index (Phi) is 6.73. The average Bonchev–Trinajstić information content (AvgIpc) is 2.74. The van der Waals surface area contributed by atoms with E-state index in [1.165, 1.54) is 0 Å². The molecule has 1 aromatic heterocycles. The lowest BCUT2D eigenvalue weighted by Crippen LogP contribution is -2.29. The van der Waals surface area contributed by atoms with Gasteiger partial charge >= 0.3 is 6.03 Å². The summed E-state index contributed by atoms with van der Waals surface area (Å²) in [6, 6.07) is 12.4. The molecule has 152 valence electrons. The van der Waals surface area contributed by atoms with Crippen molar-refractivity contribution in [1.82, 2.24) is 10.3 Å². The summed E-state index contributed by atoms with van der Waals surface area (Å²) in [5.74, 6) is 2.50. The summed E-state index contributed by atoms with van der Waals surface area (Å²) in [6.45, 7) is 2.74. The summed E-state index contributed by atoms with van der Waals surface area (Å²) < 4.78 is 16.8. The van der Waals surface area contributed by atoms with Crippen molar-refractivity contribution in [3.63, 3.8) is 0 Å². The van der Waals surface area contributed by atoms with Crippen LogP contribution in [-0.2, 0) is 0 Å². The second-order valence-electron chi connectivity index (χ2n) is 6.39. The van der Waals surface area contributed by atoms with Gasteiger partial charge < -0.3 is 24.8 Å². The summed E-state index contributed by atoms with van der Waals surface area (Å²) in [6.07, 6.45) is 3.67. The standard InChI is InChI=1S/C22H25N3O4/c1-4-5-11-24-22(26)25-15-6-8-16(9-7-15)29-19-10-12-23-18-14-21(28-3)20(27-2)13-17(18)19/h6-10,12-14H,4-5,11H2,1-3H3,(H2,24,25,26). The van der Waals surface area contributed by atoms with E-state index in [1.54, 1.807) is 50.7 Å². The van der Waals surface area contributed by atoms with E-state index in [9.17, 15) is 4.79 Å². The number of fused-ring (bicyclic) bond motifs is 1. The van der Waals surface area contributed by atoms with Gasteiger partial charge in [0.25, 0.3) is 0 Å². The molecule has 0 saturated heterocycles. The van der Waals surface area contributed by atoms with Gasteiger partial charge in [0.1, 0.15) is 11.5 Å². The number of ether oxygens (including phenoxy) is 3. The van der Waals surface area contributed by atoms with Crippen molar-refractivity contribution in [2.24, 2.45) is 0 Å². The number of nitrogens with one attached hydrogen (secondary N) is 2. The highest BCUT2D eigenvalue weighted by molar-refractivity contribution is 5.89. The number of hydrogen-bond acceptors (Lipinski definition) is 5. The van der Waals surface area contributed by atoms with Crippen molar-refractivity contribution < 1.29 is 19.0 Å². The topological polar surface area (TPSA) is 81.7 Å². The maximum absolute atomic E-state index is 11.8. The number of pyridine rings is 1. The van der Waals surface area contributed by atoms with Gasteiger partial charge in [0.05, 0.1) is 19.7 Å². The number of rotatable bonds is 8. The highest BCUT2D eigenvalue weighted by Crippen LogP contribution is 2.36. The lowest BCUT2D eigenvalue weighted by molar-refractivity contribution is 0.252. The molecule has 7 nitrogen and oxygen atoms in total. The fraction of sp³-hybridized carbons (Fsp3) is 0.273. The van der Waals surface area contributed by atoms with Crippen LogP contribution >= 0.6 is 0 Å². The van der Waals surface area contributed by atoms with Gasteiger partial charge in [-0.25, -0.2) is 4.79 Å². The minimum absolute atomic E-state index is 0.215. The number of anilines is 1. The normalized spacial score (nSPS) is 10.4. The Morgan fingerprint density at radius 2 is 1.72 bits per heavy atom. The molecule has 0 radical (unpaired) electrons. The molecule has 2 N–H and O–H groups in total. The zero-order chi connectivity index (χ0) is 20.6. The zero-order valence-electron chi connectivity index (χ0n) is 16.8. The molecule has 0 unspecified atom stereocenters. The fourth-order valence-corrected chi connectivity index (χ4v) is 2.82. The number of carbonyl (C=O) groups excluding carboxylic acids is 1. The van der Waals surface area contributed by atoms with E-state index >= 15 is 0 Å². The van der Waals surface area contributed by atoms with Gasteiger partial charge in [-0.05, 0) is 42.8 Å². The maximum Gasteiger partial charge on any atom is 0.319 e. The second-order valence-corrected chi connectivity index (χ2v) is 6.39. The van der Waals surface area contributed by atoms with E-state index in [4.69, 9.17) is 14.2 Å². The number of unbranched alkanes of at least 4 members (excludes halogenated alkanes) is 1. The van der Waals surface area contributed by atoms with Gasteiger partial charge in [-0.15, -0.1) is 0 Å². The third-order valence-electron chi connectivity index (χ3n) is 4.36. The van der Waals surface area contributed by atoms with Gasteiger partial charge in [0, 0.05) is 29.9 Å². The highest BCUT2D eigenvalue weighted by atomic mass is 16.5. The predicted octanol–water partition coefficient (Wildman–Crippen LogP) is 4.97. The molecule has 0 aliphatic rings. The van der Waals surface area contributed by atoms with E-state index in [1.807, 2.05) is 12.1 Å². The molecular formula is C22H25N3O4. The Morgan fingerprint density at radius 3 is 2.41 bits per heavy atom. The van der Waals surface area contributed by atoms with Crippen LogP contribution in [0.3, 0.4) is 0 Å². The lowest BCUT2D eigenvalue weighted by atomic mass is 10.2. The van der Waals surface area contributed by atoms with Crippen LogP contribution < -0.4 is 24.8 Å². The molecule has 3 aromatic rings. The Labute approximate surface area is 170 Å². The molecule has 0 spiro atoms. The third-order valence-corrected chi connectivity index (χ3v) is 4.36. The number of hydrogen-bond donors (Lipinski definition) is 2. The van der Waals surface area contributed by atoms with Crippen molar-refractivity contribution in [2.45, 2.75) is 19.8 Å². The van der Waals surface area contributed by atoms with Gasteiger partial charge in [-0.3, -0.25) is 4.98 Å². The molecule has 0 aliphatic heterocycles. The molecule has 0 fully saturated rings. The van der Waals surface area contributed by atoms with E-state index in [2.05, 4.69) is 22.5 Å². The SMILES string of the molecule is CCCCNC(=O)Nc1ccc(Oc2ccnc3cc(OC)c(OC)cc23)cc1. The fourth-order valence-electron chi connectivity index (χ4n) is 2.82. The summed E-state index contributed by atoms with van der Waals surface area (Å²) in [4.78, 5) is 16.2. The van der Waals surface area contributed by atoms with Crippen LogP contribution in [0.2, 0.25) is 0 Å². The number of carbonyl (C=O) groups is 1. The van der Waals surface area contributed by atoms with Gasteiger partial charge in [-0.2, -0.15) is 0 Å². The van der Waals surface area contributed by atoms with Crippen LogP contribution in [0.5, 0.6) is 23.0 Å². The molecule has 29 heavy (non-hydrogen) atoms. The van der Waals surface area contributed by atoms with Crippen LogP contribution in [0, 0.1) is 0 Å². The van der Waals surface area contributed by atoms with Gasteiger partial charge in [-0.1, -0.05) is 13.3 Å². The zero-order valence-corrected chi connectivity index (χ0v) is 16.8. The van der Waals surface area contributed by atoms with Crippen molar-refractivity contribution in [3.8, 4) is 23.0 Å². The van der Waals surface area contributed by atoms with Crippen molar-refractivity contribution in [3.05, 3.63) is 48.7 Å². The monoisotopic (exact) mass is 395 g/mol. The largest absolute Gasteiger partial charge is 0.493 e. The Bertz CT molecular complexity index is 974. The third kappa shape index (κ3) is 5.07. The molecule has 2 aromatic carbocycles. The highest BCUT2D eigenvalue weighted by Gasteiger charge is 2.11. The van der Waals surface area contributed by atoms with Crippen molar-refractivity contribution in [2.75, 3.05) is 26.1 Å². The Morgan fingerprint density at radius 1 is 1.00 bits per heavy atom. The molecule has 7 heteroatoms. The molecule has 0 bridgehead atoms. The smallest absolute Gasteiger partial charge is 0.319 e. The number of amides is 2. The Hall–Kier alpha value is -3.48. The first-order valence-electron chi connectivity index (χ1n) is 9.48. The van der Waals surface area contributed by atoms with E-state index in [0.717, 1.165) is 23.7 Å². The molecule has 0 aliphatic carbocycles. The van der Waals surface area contributed by atoms with Crippen LogP contribution in [0.25, 0.3) is 10.9 Å². The Balaban J connectivity index is 1.74. The number of nitrogens with zero attached hydrogens (tertiary/aromatic N) is 1. The van der Waals surface area contributed by atoms with Crippen LogP contribution in [0.15, 0.2) is 48.7 Å². The quantitative estimate of drug-likeness (QED) is 0.527. The summed E-state index contributed by atoms with van der Waals surface area (Å²) >= 11 is 0. The molecule has 1 heterocycles. The van der Waals surface area contributed by atoms with Crippen LogP contribution in [-0.4, -0.2) is 31.8 Å². The molecule has 0 atom stereocenters. The molecule has 0 saturated carbocycles. The van der Waals surface area contributed by atoms with E-state index in [0.29, 0.717) is 35.2 Å². The van der Waals surface area contributed by atoms with E-state index in [-0.39, 0.29) is 6.03 Å². The summed E-state index contributed by atoms with van der Waals surface area (Å²) in [5.41, 5.74) is 1.43. The number of methoxy groups -OCH3 is 2. The lowest BCUT2D eigenvalue weighted by Gasteiger charge is -2.13. The number of aromatic nitrogens is 1. The van der Waals surface area contributed by atoms with Crippen molar-refractivity contribution >= 4 is 22.6 Å². The summed E-state index contributed by atoms with van der Waals surface area (Å²) in [5, 5.41) is 6.43. The maximum atomic E-state index is 11.8. The van der Waals surface area contributed by atoms with Crippen LogP contribution in [0.4, 0.5) is 10.5 Å². The van der Waals surface area contributed by atoms with Crippen LogP contribution in [0.1, 0.15) is 19.8 Å². The predicted molar refractivity (Wildman–Crippen MR) is 113 cm³/mol. The van der Waals surface area contributed by atoms with Gasteiger partial charge in [0.2, 0.25) is 0 Å². The minimum Gasteiger partial charge on any atom is -0.493 e. The molecule has 3 rings (SSSR count). The second kappa shape index (κ2) is 9.64.